The van der Waals surface area contributed by atoms with E-state index in [9.17, 15) is 0 Å². The van der Waals surface area contributed by atoms with E-state index in [0.717, 1.165) is 19.5 Å². The van der Waals surface area contributed by atoms with Crippen molar-refractivity contribution in [2.24, 2.45) is 0 Å². The zero-order valence-electron chi connectivity index (χ0n) is 11.7. The molecule has 2 rings (SSSR count). The third kappa shape index (κ3) is 4.24. The standard InChI is InChI=1S/C14H26N4/c1-17(2)14-4-3-8-18(11-14)9-7-13(10-15)16-12-5-6-12/h12-14,16H,3-9,11H2,1-2H3. The van der Waals surface area contributed by atoms with Gasteiger partial charge in [0, 0.05) is 25.2 Å². The lowest BCUT2D eigenvalue weighted by Crippen LogP contribution is -2.46. The number of likely N-dealkylation sites (tertiary alicyclic amines) is 1. The van der Waals surface area contributed by atoms with Gasteiger partial charge in [0.2, 0.25) is 0 Å². The van der Waals surface area contributed by atoms with Crippen LogP contribution in [0.1, 0.15) is 32.1 Å². The second-order valence-electron chi connectivity index (χ2n) is 5.97. The molecule has 1 saturated carbocycles. The third-order valence-corrected chi connectivity index (χ3v) is 4.12. The van der Waals surface area contributed by atoms with Gasteiger partial charge in [0.15, 0.2) is 0 Å². The van der Waals surface area contributed by atoms with Crippen LogP contribution < -0.4 is 5.32 Å². The Kier molecular flexibility index (Phi) is 4.99. The Morgan fingerprint density at radius 2 is 2.17 bits per heavy atom. The van der Waals surface area contributed by atoms with Crippen molar-refractivity contribution in [3.63, 3.8) is 0 Å². The molecular weight excluding hydrogens is 224 g/mol. The van der Waals surface area contributed by atoms with Crippen LogP contribution in [0.25, 0.3) is 0 Å². The van der Waals surface area contributed by atoms with E-state index in [4.69, 9.17) is 5.26 Å². The van der Waals surface area contributed by atoms with E-state index in [1.807, 2.05) is 0 Å². The van der Waals surface area contributed by atoms with Crippen molar-refractivity contribution < 1.29 is 0 Å². The minimum atomic E-state index is 0.0530. The number of nitrogens with one attached hydrogen (secondary N) is 1. The van der Waals surface area contributed by atoms with Gasteiger partial charge in [0.1, 0.15) is 0 Å². The Bertz CT molecular complexity index is 293. The molecule has 2 aliphatic rings. The van der Waals surface area contributed by atoms with Crippen LogP contribution in [0.4, 0.5) is 0 Å². The first kappa shape index (κ1) is 13.8. The number of rotatable bonds is 6. The normalized spacial score (nSPS) is 27.1. The minimum absolute atomic E-state index is 0.0530. The van der Waals surface area contributed by atoms with Gasteiger partial charge in [-0.05, 0) is 52.7 Å². The lowest BCUT2D eigenvalue weighted by Gasteiger charge is -2.36. The van der Waals surface area contributed by atoms with E-state index >= 15 is 0 Å². The SMILES string of the molecule is CN(C)C1CCCN(CCC(C#N)NC2CC2)C1. The fourth-order valence-corrected chi connectivity index (χ4v) is 2.69. The van der Waals surface area contributed by atoms with Crippen LogP contribution in [0.5, 0.6) is 0 Å². The number of nitriles is 1. The van der Waals surface area contributed by atoms with Gasteiger partial charge >= 0.3 is 0 Å². The van der Waals surface area contributed by atoms with Crippen LogP contribution in [0.2, 0.25) is 0 Å². The van der Waals surface area contributed by atoms with Crippen molar-refractivity contribution in [3.8, 4) is 6.07 Å². The molecule has 0 aromatic rings. The van der Waals surface area contributed by atoms with Crippen molar-refractivity contribution in [1.29, 1.82) is 5.26 Å². The molecule has 0 bridgehead atoms. The van der Waals surface area contributed by atoms with E-state index in [1.54, 1.807) is 0 Å². The Labute approximate surface area is 111 Å². The van der Waals surface area contributed by atoms with Crippen LogP contribution in [0, 0.1) is 11.3 Å². The highest BCUT2D eigenvalue weighted by molar-refractivity contribution is 4.96. The second-order valence-corrected chi connectivity index (χ2v) is 5.97. The summed E-state index contributed by atoms with van der Waals surface area (Å²) in [7, 11) is 4.34. The lowest BCUT2D eigenvalue weighted by atomic mass is 10.0. The van der Waals surface area contributed by atoms with E-state index in [2.05, 4.69) is 35.3 Å². The fraction of sp³-hybridized carbons (Fsp3) is 0.929. The molecule has 1 saturated heterocycles. The zero-order valence-corrected chi connectivity index (χ0v) is 11.7. The van der Waals surface area contributed by atoms with Crippen LogP contribution in [0.3, 0.4) is 0 Å². The first-order valence-electron chi connectivity index (χ1n) is 7.23. The Hall–Kier alpha value is -0.630. The molecule has 0 aromatic heterocycles. The molecule has 4 nitrogen and oxygen atoms in total. The molecule has 0 amide bonds. The molecule has 1 heterocycles. The number of piperidine rings is 1. The summed E-state index contributed by atoms with van der Waals surface area (Å²) in [6.45, 7) is 3.42. The predicted octanol–water partition coefficient (Wildman–Crippen LogP) is 1.05. The maximum absolute atomic E-state index is 9.13. The number of nitrogens with zero attached hydrogens (tertiary/aromatic N) is 3. The van der Waals surface area contributed by atoms with Gasteiger partial charge in [-0.15, -0.1) is 0 Å². The number of hydrogen-bond donors (Lipinski definition) is 1. The van der Waals surface area contributed by atoms with Crippen molar-refractivity contribution in [2.75, 3.05) is 33.7 Å². The van der Waals surface area contributed by atoms with Gasteiger partial charge in [-0.2, -0.15) is 5.26 Å². The highest BCUT2D eigenvalue weighted by Gasteiger charge is 2.26. The minimum Gasteiger partial charge on any atom is -0.305 e. The highest BCUT2D eigenvalue weighted by atomic mass is 15.2. The van der Waals surface area contributed by atoms with E-state index in [0.29, 0.717) is 12.1 Å². The Morgan fingerprint density at radius 1 is 1.39 bits per heavy atom. The van der Waals surface area contributed by atoms with Gasteiger partial charge in [-0.1, -0.05) is 0 Å². The molecule has 0 radical (unpaired) electrons. The maximum Gasteiger partial charge on any atom is 0.0967 e. The molecule has 18 heavy (non-hydrogen) atoms. The smallest absolute Gasteiger partial charge is 0.0967 e. The van der Waals surface area contributed by atoms with Crippen LogP contribution >= 0.6 is 0 Å². The average molecular weight is 250 g/mol. The van der Waals surface area contributed by atoms with Crippen molar-refractivity contribution in [3.05, 3.63) is 0 Å². The predicted molar refractivity (Wildman–Crippen MR) is 73.3 cm³/mol. The topological polar surface area (TPSA) is 42.3 Å². The van der Waals surface area contributed by atoms with Gasteiger partial charge in [0.05, 0.1) is 12.1 Å². The van der Waals surface area contributed by atoms with E-state index in [1.165, 1.54) is 32.2 Å². The molecule has 2 fully saturated rings. The molecule has 102 valence electrons. The molecule has 0 spiro atoms. The van der Waals surface area contributed by atoms with E-state index in [-0.39, 0.29) is 6.04 Å². The maximum atomic E-state index is 9.13. The fourth-order valence-electron chi connectivity index (χ4n) is 2.69. The van der Waals surface area contributed by atoms with Crippen LogP contribution in [-0.2, 0) is 0 Å². The summed E-state index contributed by atoms with van der Waals surface area (Å²) < 4.78 is 0. The first-order chi connectivity index (χ1) is 8.69. The quantitative estimate of drug-likeness (QED) is 0.765. The van der Waals surface area contributed by atoms with Crippen molar-refractivity contribution in [2.45, 2.75) is 50.2 Å². The molecular formula is C14H26N4. The van der Waals surface area contributed by atoms with Crippen molar-refractivity contribution >= 4 is 0 Å². The summed E-state index contributed by atoms with van der Waals surface area (Å²) in [6.07, 6.45) is 6.07. The van der Waals surface area contributed by atoms with Gasteiger partial charge in [-0.25, -0.2) is 0 Å². The molecule has 2 atom stereocenters. The first-order valence-corrected chi connectivity index (χ1v) is 7.23. The number of likely N-dealkylation sites (N-methyl/N-ethyl adjacent to an activating group) is 1. The van der Waals surface area contributed by atoms with Crippen LogP contribution in [-0.4, -0.2) is 61.7 Å². The Morgan fingerprint density at radius 3 is 2.78 bits per heavy atom. The molecule has 4 heteroatoms. The zero-order chi connectivity index (χ0) is 13.0. The Balaban J connectivity index is 1.69. The average Bonchev–Trinajstić information content (AvgIpc) is 3.18. The van der Waals surface area contributed by atoms with Gasteiger partial charge in [0.25, 0.3) is 0 Å². The van der Waals surface area contributed by atoms with Crippen LogP contribution in [0.15, 0.2) is 0 Å². The summed E-state index contributed by atoms with van der Waals surface area (Å²) in [5, 5.41) is 12.5. The third-order valence-electron chi connectivity index (χ3n) is 4.12. The molecule has 1 aliphatic heterocycles. The van der Waals surface area contributed by atoms with Gasteiger partial charge in [-0.3, -0.25) is 5.32 Å². The summed E-state index contributed by atoms with van der Waals surface area (Å²) >= 11 is 0. The largest absolute Gasteiger partial charge is 0.305 e. The molecule has 1 N–H and O–H groups in total. The van der Waals surface area contributed by atoms with E-state index < -0.39 is 0 Å². The molecule has 0 aromatic carbocycles. The summed E-state index contributed by atoms with van der Waals surface area (Å²) in [5.74, 6) is 0. The summed E-state index contributed by atoms with van der Waals surface area (Å²) in [6, 6.07) is 3.77. The van der Waals surface area contributed by atoms with Gasteiger partial charge < -0.3 is 9.80 Å². The monoisotopic (exact) mass is 250 g/mol. The summed E-state index contributed by atoms with van der Waals surface area (Å²) in [5.41, 5.74) is 0. The lowest BCUT2D eigenvalue weighted by molar-refractivity contribution is 0.130. The number of hydrogen-bond acceptors (Lipinski definition) is 4. The van der Waals surface area contributed by atoms with Crippen molar-refractivity contribution in [1.82, 2.24) is 15.1 Å². The highest BCUT2D eigenvalue weighted by Crippen LogP contribution is 2.20. The molecule has 2 unspecified atom stereocenters. The summed E-state index contributed by atoms with van der Waals surface area (Å²) in [4.78, 5) is 4.85. The molecule has 1 aliphatic carbocycles. The second kappa shape index (κ2) is 6.51.